The normalized spacial score (nSPS) is 18.1. The van der Waals surface area contributed by atoms with E-state index in [2.05, 4.69) is 5.16 Å². The van der Waals surface area contributed by atoms with Crippen LogP contribution in [-0.4, -0.2) is 23.6 Å². The summed E-state index contributed by atoms with van der Waals surface area (Å²) in [6, 6.07) is 2.78. The fourth-order valence-electron chi connectivity index (χ4n) is 2.02. The van der Waals surface area contributed by atoms with Crippen LogP contribution in [0.15, 0.2) is 17.3 Å². The van der Waals surface area contributed by atoms with Crippen molar-refractivity contribution < 1.29 is 19.3 Å². The van der Waals surface area contributed by atoms with Gasteiger partial charge in [-0.1, -0.05) is 11.2 Å². The van der Waals surface area contributed by atoms with Crippen LogP contribution in [0, 0.1) is 5.82 Å². The average Bonchev–Trinajstić information content (AvgIpc) is 2.37. The van der Waals surface area contributed by atoms with Gasteiger partial charge in [-0.15, -0.1) is 0 Å². The van der Waals surface area contributed by atoms with Crippen molar-refractivity contribution in [1.29, 1.82) is 0 Å². The molecule has 4 nitrogen and oxygen atoms in total. The molecule has 0 aromatic heterocycles. The summed E-state index contributed by atoms with van der Waals surface area (Å²) in [5, 5.41) is 20.8. The van der Waals surface area contributed by atoms with Crippen LogP contribution in [0.5, 0.6) is 0 Å². The smallest absolute Gasteiger partial charge is 0.423 e. The standard InChI is InChI=1S/C10H11BFNO3/c1-10(2)9-7(11(14)16-10)3-6(5-13-15)4-8(9)12/h3-5,14-15H,1-2H3/b13-5-. The predicted molar refractivity (Wildman–Crippen MR) is 57.5 cm³/mol. The van der Waals surface area contributed by atoms with E-state index in [1.54, 1.807) is 13.8 Å². The first-order valence-electron chi connectivity index (χ1n) is 4.83. The van der Waals surface area contributed by atoms with Gasteiger partial charge in [-0.2, -0.15) is 0 Å². The number of rotatable bonds is 1. The van der Waals surface area contributed by atoms with Gasteiger partial charge in [0.05, 0.1) is 11.8 Å². The van der Waals surface area contributed by atoms with Crippen LogP contribution in [0.3, 0.4) is 0 Å². The molecule has 0 spiro atoms. The van der Waals surface area contributed by atoms with Crippen molar-refractivity contribution >= 4 is 18.8 Å². The van der Waals surface area contributed by atoms with Gasteiger partial charge in [0, 0.05) is 5.56 Å². The first kappa shape index (κ1) is 11.1. The Kier molecular flexibility index (Phi) is 2.48. The minimum Gasteiger partial charge on any atom is -0.423 e. The Morgan fingerprint density at radius 3 is 2.81 bits per heavy atom. The molecule has 0 unspecified atom stereocenters. The van der Waals surface area contributed by atoms with Crippen LogP contribution in [-0.2, 0) is 10.3 Å². The van der Waals surface area contributed by atoms with Gasteiger partial charge in [-0.3, -0.25) is 0 Å². The van der Waals surface area contributed by atoms with Crippen LogP contribution >= 0.6 is 0 Å². The quantitative estimate of drug-likeness (QED) is 0.317. The molecule has 0 saturated carbocycles. The SMILES string of the molecule is CC1(C)OB(O)c2cc(/C=N\O)cc(F)c21. The van der Waals surface area contributed by atoms with E-state index in [4.69, 9.17) is 9.86 Å². The Bertz CT molecular complexity index is 462. The molecule has 0 atom stereocenters. The molecule has 16 heavy (non-hydrogen) atoms. The van der Waals surface area contributed by atoms with E-state index in [1.165, 1.54) is 12.1 Å². The van der Waals surface area contributed by atoms with Crippen LogP contribution in [0.25, 0.3) is 0 Å². The van der Waals surface area contributed by atoms with Crippen LogP contribution in [0.4, 0.5) is 4.39 Å². The molecule has 1 aromatic carbocycles. The largest absolute Gasteiger partial charge is 0.492 e. The van der Waals surface area contributed by atoms with Crippen molar-refractivity contribution in [2.45, 2.75) is 19.4 Å². The average molecular weight is 223 g/mol. The highest BCUT2D eigenvalue weighted by atomic mass is 19.1. The lowest BCUT2D eigenvalue weighted by atomic mass is 9.77. The molecule has 0 radical (unpaired) electrons. The predicted octanol–water partition coefficient (Wildman–Crippen LogP) is 0.587. The highest BCUT2D eigenvalue weighted by molar-refractivity contribution is 6.62. The van der Waals surface area contributed by atoms with E-state index in [0.29, 0.717) is 16.6 Å². The molecular weight excluding hydrogens is 212 g/mol. The molecule has 1 aliphatic rings. The molecule has 2 N–H and O–H groups in total. The van der Waals surface area contributed by atoms with E-state index < -0.39 is 18.5 Å². The summed E-state index contributed by atoms with van der Waals surface area (Å²) < 4.78 is 19.1. The van der Waals surface area contributed by atoms with Crippen molar-refractivity contribution in [3.8, 4) is 0 Å². The molecule has 1 heterocycles. The second-order valence-corrected chi connectivity index (χ2v) is 4.19. The minimum atomic E-state index is -1.15. The maximum absolute atomic E-state index is 13.8. The Morgan fingerprint density at radius 1 is 1.50 bits per heavy atom. The van der Waals surface area contributed by atoms with Gasteiger partial charge in [0.1, 0.15) is 5.82 Å². The maximum atomic E-state index is 13.8. The zero-order valence-corrected chi connectivity index (χ0v) is 8.94. The molecule has 0 aliphatic carbocycles. The molecule has 6 heteroatoms. The molecule has 0 fully saturated rings. The van der Waals surface area contributed by atoms with Gasteiger partial charge in [0.15, 0.2) is 0 Å². The second kappa shape index (κ2) is 3.57. The maximum Gasteiger partial charge on any atom is 0.492 e. The van der Waals surface area contributed by atoms with Gasteiger partial charge in [0.2, 0.25) is 0 Å². The molecule has 1 aromatic rings. The van der Waals surface area contributed by atoms with Crippen molar-refractivity contribution in [3.05, 3.63) is 29.1 Å². The third-order valence-electron chi connectivity index (χ3n) is 2.62. The van der Waals surface area contributed by atoms with Gasteiger partial charge >= 0.3 is 7.12 Å². The molecule has 0 saturated heterocycles. The number of fused-ring (bicyclic) bond motifs is 1. The summed E-state index contributed by atoms with van der Waals surface area (Å²) in [7, 11) is -1.15. The summed E-state index contributed by atoms with van der Waals surface area (Å²) in [6.07, 6.45) is 1.10. The van der Waals surface area contributed by atoms with Gasteiger partial charge < -0.3 is 14.9 Å². The Labute approximate surface area is 92.5 Å². The highest BCUT2D eigenvalue weighted by Crippen LogP contribution is 2.31. The van der Waals surface area contributed by atoms with Gasteiger partial charge in [0.25, 0.3) is 0 Å². The third-order valence-corrected chi connectivity index (χ3v) is 2.62. The minimum absolute atomic E-state index is 0.343. The summed E-state index contributed by atoms with van der Waals surface area (Å²) in [5.41, 5.74) is 0.238. The summed E-state index contributed by atoms with van der Waals surface area (Å²) in [4.78, 5) is 0. The lowest BCUT2D eigenvalue weighted by molar-refractivity contribution is 0.0974. The summed E-state index contributed by atoms with van der Waals surface area (Å²) in [5.74, 6) is -0.478. The van der Waals surface area contributed by atoms with E-state index in [9.17, 15) is 9.41 Å². The molecule has 0 bridgehead atoms. The van der Waals surface area contributed by atoms with E-state index in [1.807, 2.05) is 0 Å². The molecule has 1 aliphatic heterocycles. The molecule has 0 amide bonds. The lowest BCUT2D eigenvalue weighted by Crippen LogP contribution is -2.29. The first-order valence-corrected chi connectivity index (χ1v) is 4.83. The summed E-state index contributed by atoms with van der Waals surface area (Å²) in [6.45, 7) is 3.37. The zero-order valence-electron chi connectivity index (χ0n) is 8.94. The van der Waals surface area contributed by atoms with Crippen molar-refractivity contribution in [3.63, 3.8) is 0 Å². The van der Waals surface area contributed by atoms with Gasteiger partial charge in [-0.05, 0) is 30.9 Å². The Balaban J connectivity index is 2.62. The number of benzene rings is 1. The van der Waals surface area contributed by atoms with E-state index in [-0.39, 0.29) is 0 Å². The molecule has 84 valence electrons. The Hall–Kier alpha value is -1.40. The zero-order chi connectivity index (χ0) is 11.9. The number of hydrogen-bond donors (Lipinski definition) is 2. The van der Waals surface area contributed by atoms with Crippen LogP contribution < -0.4 is 5.46 Å². The van der Waals surface area contributed by atoms with Crippen molar-refractivity contribution in [2.75, 3.05) is 0 Å². The van der Waals surface area contributed by atoms with E-state index in [0.717, 1.165) is 6.21 Å². The van der Waals surface area contributed by atoms with Crippen LogP contribution in [0.2, 0.25) is 0 Å². The lowest BCUT2D eigenvalue weighted by Gasteiger charge is -2.20. The number of nitrogens with zero attached hydrogens (tertiary/aromatic N) is 1. The topological polar surface area (TPSA) is 62.0 Å². The number of oxime groups is 1. The Morgan fingerprint density at radius 2 is 2.19 bits per heavy atom. The fourth-order valence-corrected chi connectivity index (χ4v) is 2.02. The van der Waals surface area contributed by atoms with Crippen LogP contribution in [0.1, 0.15) is 25.0 Å². The first-order chi connectivity index (χ1) is 7.45. The number of hydrogen-bond acceptors (Lipinski definition) is 4. The molecule has 2 rings (SSSR count). The van der Waals surface area contributed by atoms with E-state index >= 15 is 0 Å². The summed E-state index contributed by atoms with van der Waals surface area (Å²) >= 11 is 0. The van der Waals surface area contributed by atoms with Crippen molar-refractivity contribution in [1.82, 2.24) is 0 Å². The third kappa shape index (κ3) is 1.60. The van der Waals surface area contributed by atoms with Gasteiger partial charge in [-0.25, -0.2) is 4.39 Å². The van der Waals surface area contributed by atoms with Crippen molar-refractivity contribution in [2.24, 2.45) is 5.16 Å². The molecular formula is C10H11BFNO3. The monoisotopic (exact) mass is 223 g/mol. The highest BCUT2D eigenvalue weighted by Gasteiger charge is 2.42. The fraction of sp³-hybridized carbons (Fsp3) is 0.300. The second-order valence-electron chi connectivity index (χ2n) is 4.19. The number of halogens is 1.